The number of hydrogen-bond acceptors (Lipinski definition) is 6. The van der Waals surface area contributed by atoms with Crippen LogP contribution in [0.5, 0.6) is 5.75 Å². The van der Waals surface area contributed by atoms with Gasteiger partial charge in [0.25, 0.3) is 0 Å². The van der Waals surface area contributed by atoms with Crippen molar-refractivity contribution in [3.63, 3.8) is 0 Å². The van der Waals surface area contributed by atoms with E-state index in [2.05, 4.69) is 24.8 Å². The van der Waals surface area contributed by atoms with Crippen LogP contribution in [0.15, 0.2) is 18.2 Å². The number of nitrogens with two attached hydrogens (primary N) is 1. The van der Waals surface area contributed by atoms with Crippen molar-refractivity contribution in [1.29, 1.82) is 0 Å². The van der Waals surface area contributed by atoms with E-state index in [4.69, 9.17) is 5.73 Å². The van der Waals surface area contributed by atoms with Crippen LogP contribution < -0.4 is 10.6 Å². The van der Waals surface area contributed by atoms with Crippen molar-refractivity contribution in [3.8, 4) is 5.75 Å². The number of piperidine rings is 1. The Labute approximate surface area is 151 Å². The predicted octanol–water partition coefficient (Wildman–Crippen LogP) is 2.46. The van der Waals surface area contributed by atoms with Crippen LogP contribution in [0.1, 0.15) is 25.7 Å². The SMILES string of the molecule is Nc1nc(N2CCC(N3CCCC3)CC2)c2c(n1)[nH]c1ccc(O)cc12. The van der Waals surface area contributed by atoms with Crippen molar-refractivity contribution in [2.24, 2.45) is 0 Å². The number of fused-ring (bicyclic) bond motifs is 3. The molecule has 4 heterocycles. The molecule has 7 nitrogen and oxygen atoms in total. The molecule has 2 saturated heterocycles. The molecule has 0 aliphatic carbocycles. The Hall–Kier alpha value is -2.54. The zero-order chi connectivity index (χ0) is 17.7. The van der Waals surface area contributed by atoms with Crippen molar-refractivity contribution in [1.82, 2.24) is 19.9 Å². The Balaban J connectivity index is 1.52. The molecule has 3 aromatic rings. The van der Waals surface area contributed by atoms with Gasteiger partial charge in [-0.3, -0.25) is 0 Å². The summed E-state index contributed by atoms with van der Waals surface area (Å²) in [5.41, 5.74) is 7.65. The Morgan fingerprint density at radius 1 is 1.08 bits per heavy atom. The van der Waals surface area contributed by atoms with Crippen molar-refractivity contribution in [3.05, 3.63) is 18.2 Å². The normalized spacial score (nSPS) is 19.8. The third kappa shape index (κ3) is 2.54. The van der Waals surface area contributed by atoms with Gasteiger partial charge in [0.2, 0.25) is 5.95 Å². The van der Waals surface area contributed by atoms with E-state index in [1.165, 1.54) is 25.9 Å². The van der Waals surface area contributed by atoms with Gasteiger partial charge in [0.15, 0.2) is 0 Å². The van der Waals surface area contributed by atoms with Crippen LogP contribution in [0.4, 0.5) is 11.8 Å². The molecule has 2 fully saturated rings. The number of aromatic nitrogens is 3. The highest BCUT2D eigenvalue weighted by Gasteiger charge is 2.28. The number of H-pyrrole nitrogens is 1. The molecule has 0 amide bonds. The zero-order valence-corrected chi connectivity index (χ0v) is 14.8. The predicted molar refractivity (Wildman–Crippen MR) is 104 cm³/mol. The number of nitrogen functional groups attached to an aromatic ring is 1. The average Bonchev–Trinajstić information content (AvgIpc) is 3.29. The molecule has 0 saturated carbocycles. The second-order valence-electron chi connectivity index (χ2n) is 7.45. The lowest BCUT2D eigenvalue weighted by Gasteiger charge is -2.37. The fraction of sp³-hybridized carbons (Fsp3) is 0.474. The Morgan fingerprint density at radius 3 is 2.62 bits per heavy atom. The highest BCUT2D eigenvalue weighted by Crippen LogP contribution is 2.35. The number of nitrogens with zero attached hydrogens (tertiary/aromatic N) is 4. The van der Waals surface area contributed by atoms with Gasteiger partial charge in [-0.1, -0.05) is 0 Å². The number of aromatic hydroxyl groups is 1. The zero-order valence-electron chi connectivity index (χ0n) is 14.8. The van der Waals surface area contributed by atoms with Gasteiger partial charge in [-0.2, -0.15) is 9.97 Å². The number of likely N-dealkylation sites (tertiary alicyclic amines) is 1. The Bertz CT molecular complexity index is 953. The number of aromatic amines is 1. The highest BCUT2D eigenvalue weighted by atomic mass is 16.3. The van der Waals surface area contributed by atoms with Gasteiger partial charge in [-0.05, 0) is 57.0 Å². The van der Waals surface area contributed by atoms with Crippen molar-refractivity contribution >= 4 is 33.7 Å². The van der Waals surface area contributed by atoms with E-state index >= 15 is 0 Å². The summed E-state index contributed by atoms with van der Waals surface area (Å²) in [5.74, 6) is 1.41. The maximum absolute atomic E-state index is 9.92. The molecule has 5 rings (SSSR count). The van der Waals surface area contributed by atoms with Gasteiger partial charge < -0.3 is 25.6 Å². The number of anilines is 2. The molecule has 0 radical (unpaired) electrons. The summed E-state index contributed by atoms with van der Waals surface area (Å²) in [7, 11) is 0. The number of hydrogen-bond donors (Lipinski definition) is 3. The monoisotopic (exact) mass is 352 g/mol. The molecule has 136 valence electrons. The summed E-state index contributed by atoms with van der Waals surface area (Å²) in [4.78, 5) is 17.2. The first-order valence-electron chi connectivity index (χ1n) is 9.46. The minimum atomic E-state index is 0.244. The summed E-state index contributed by atoms with van der Waals surface area (Å²) in [6.45, 7) is 4.44. The van der Waals surface area contributed by atoms with E-state index in [0.717, 1.165) is 53.7 Å². The van der Waals surface area contributed by atoms with E-state index in [-0.39, 0.29) is 11.7 Å². The van der Waals surface area contributed by atoms with Crippen LogP contribution in [-0.4, -0.2) is 57.2 Å². The lowest BCUT2D eigenvalue weighted by molar-refractivity contribution is 0.208. The topological polar surface area (TPSA) is 94.3 Å². The number of phenols is 1. The summed E-state index contributed by atoms with van der Waals surface area (Å²) < 4.78 is 0. The summed E-state index contributed by atoms with van der Waals surface area (Å²) >= 11 is 0. The minimum Gasteiger partial charge on any atom is -0.508 e. The van der Waals surface area contributed by atoms with Crippen molar-refractivity contribution < 1.29 is 5.11 Å². The van der Waals surface area contributed by atoms with Gasteiger partial charge in [-0.25, -0.2) is 0 Å². The first-order chi connectivity index (χ1) is 12.7. The lowest BCUT2D eigenvalue weighted by atomic mass is 10.0. The van der Waals surface area contributed by atoms with Crippen LogP contribution in [0.25, 0.3) is 21.9 Å². The molecule has 7 heteroatoms. The molecule has 0 spiro atoms. The van der Waals surface area contributed by atoms with Gasteiger partial charge in [-0.15, -0.1) is 0 Å². The molecule has 0 unspecified atom stereocenters. The van der Waals surface area contributed by atoms with Crippen LogP contribution >= 0.6 is 0 Å². The molecule has 2 aromatic heterocycles. The van der Waals surface area contributed by atoms with Crippen LogP contribution in [0, 0.1) is 0 Å². The maximum atomic E-state index is 9.92. The highest BCUT2D eigenvalue weighted by molar-refractivity contribution is 6.12. The van der Waals surface area contributed by atoms with Crippen LogP contribution in [0.3, 0.4) is 0 Å². The van der Waals surface area contributed by atoms with E-state index in [1.54, 1.807) is 12.1 Å². The van der Waals surface area contributed by atoms with Crippen LogP contribution in [-0.2, 0) is 0 Å². The minimum absolute atomic E-state index is 0.244. The maximum Gasteiger partial charge on any atom is 0.223 e. The third-order valence-electron chi connectivity index (χ3n) is 5.85. The van der Waals surface area contributed by atoms with Gasteiger partial charge in [0, 0.05) is 30.0 Å². The van der Waals surface area contributed by atoms with E-state index in [0.29, 0.717) is 6.04 Å². The molecular weight excluding hydrogens is 328 g/mol. The van der Waals surface area contributed by atoms with E-state index in [9.17, 15) is 5.11 Å². The van der Waals surface area contributed by atoms with Gasteiger partial charge >= 0.3 is 0 Å². The lowest BCUT2D eigenvalue weighted by Crippen LogP contribution is -2.44. The fourth-order valence-electron chi connectivity index (χ4n) is 4.56. The van der Waals surface area contributed by atoms with Gasteiger partial charge in [0.05, 0.1) is 5.39 Å². The number of rotatable bonds is 2. The van der Waals surface area contributed by atoms with Crippen LogP contribution in [0.2, 0.25) is 0 Å². The van der Waals surface area contributed by atoms with E-state index in [1.807, 2.05) is 6.07 Å². The van der Waals surface area contributed by atoms with Crippen molar-refractivity contribution in [2.45, 2.75) is 31.7 Å². The summed E-state index contributed by atoms with van der Waals surface area (Å²) in [6.07, 6.45) is 4.97. The summed E-state index contributed by atoms with van der Waals surface area (Å²) in [5, 5.41) is 11.8. The largest absolute Gasteiger partial charge is 0.508 e. The van der Waals surface area contributed by atoms with Gasteiger partial charge in [0.1, 0.15) is 17.2 Å². The summed E-state index contributed by atoms with van der Waals surface area (Å²) in [6, 6.07) is 6.01. The molecule has 0 bridgehead atoms. The third-order valence-corrected chi connectivity index (χ3v) is 5.85. The molecule has 0 atom stereocenters. The van der Waals surface area contributed by atoms with Crippen molar-refractivity contribution in [2.75, 3.05) is 36.8 Å². The Morgan fingerprint density at radius 2 is 1.85 bits per heavy atom. The second-order valence-corrected chi connectivity index (χ2v) is 7.45. The molecule has 1 aromatic carbocycles. The number of phenolic OH excluding ortho intramolecular Hbond substituents is 1. The number of benzene rings is 1. The quantitative estimate of drug-likeness (QED) is 0.656. The smallest absolute Gasteiger partial charge is 0.223 e. The van der Waals surface area contributed by atoms with E-state index < -0.39 is 0 Å². The standard InChI is InChI=1S/C19H24N6O/c20-19-22-17-16(14-11-13(26)3-4-15(14)21-17)18(23-19)25-9-5-12(6-10-25)24-7-1-2-8-24/h3-4,11-12,26H,1-2,5-10H2,(H3,20,21,22,23). The molecular formula is C19H24N6O. The first kappa shape index (κ1) is 15.7. The Kier molecular flexibility index (Phi) is 3.63. The average molecular weight is 352 g/mol. The number of nitrogens with one attached hydrogen (secondary N) is 1. The fourth-order valence-corrected chi connectivity index (χ4v) is 4.56. The molecule has 2 aliphatic heterocycles. The second kappa shape index (κ2) is 6.02. The molecule has 2 aliphatic rings. The first-order valence-corrected chi connectivity index (χ1v) is 9.46. The molecule has 4 N–H and O–H groups in total. The molecule has 26 heavy (non-hydrogen) atoms.